The molecule has 5 nitrogen and oxygen atoms in total. The molecule has 1 atom stereocenters. The van der Waals surface area contributed by atoms with Crippen LogP contribution in [0.2, 0.25) is 0 Å². The molecular formula is C14H20N2O3. The zero-order valence-electron chi connectivity index (χ0n) is 11.3. The Labute approximate surface area is 113 Å². The number of nitrogens with one attached hydrogen (secondary N) is 1. The number of benzene rings is 1. The van der Waals surface area contributed by atoms with Gasteiger partial charge < -0.3 is 20.5 Å². The summed E-state index contributed by atoms with van der Waals surface area (Å²) in [6.07, 6.45) is 1.60. The van der Waals surface area contributed by atoms with Gasteiger partial charge >= 0.3 is 0 Å². The Morgan fingerprint density at radius 3 is 2.68 bits per heavy atom. The first kappa shape index (κ1) is 13.7. The Kier molecular flexibility index (Phi) is 4.27. The molecule has 1 aliphatic rings. The second kappa shape index (κ2) is 5.93. The van der Waals surface area contributed by atoms with Crippen molar-refractivity contribution in [3.8, 4) is 11.5 Å². The summed E-state index contributed by atoms with van der Waals surface area (Å²) in [4.78, 5) is 11.8. The molecule has 1 unspecified atom stereocenters. The van der Waals surface area contributed by atoms with Crippen molar-refractivity contribution in [2.45, 2.75) is 38.5 Å². The first-order valence-electron chi connectivity index (χ1n) is 6.47. The normalized spacial score (nSPS) is 15.7. The Morgan fingerprint density at radius 2 is 2.11 bits per heavy atom. The second-order valence-electron chi connectivity index (χ2n) is 4.76. The van der Waals surface area contributed by atoms with Gasteiger partial charge in [-0.25, -0.2) is 0 Å². The fourth-order valence-electron chi connectivity index (χ4n) is 1.74. The summed E-state index contributed by atoms with van der Waals surface area (Å²) in [5, 5.41) is 2.91. The molecule has 0 radical (unpaired) electrons. The predicted octanol–water partition coefficient (Wildman–Crippen LogP) is 1.20. The van der Waals surface area contributed by atoms with E-state index < -0.39 is 6.10 Å². The predicted molar refractivity (Wildman–Crippen MR) is 72.1 cm³/mol. The summed E-state index contributed by atoms with van der Waals surface area (Å²) in [5.41, 5.74) is 6.52. The molecule has 19 heavy (non-hydrogen) atoms. The van der Waals surface area contributed by atoms with Crippen LogP contribution in [0.15, 0.2) is 18.2 Å². The number of ether oxygens (including phenoxy) is 2. The number of methoxy groups -OCH3 is 1. The summed E-state index contributed by atoms with van der Waals surface area (Å²) in [5.74, 6) is 1.19. The Balaban J connectivity index is 2.01. The molecule has 0 aliphatic heterocycles. The Bertz CT molecular complexity index is 436. The van der Waals surface area contributed by atoms with Crippen molar-refractivity contribution in [3.05, 3.63) is 23.8 Å². The number of nitrogens with two attached hydrogens (primary N) is 1. The fourth-order valence-corrected chi connectivity index (χ4v) is 1.74. The molecule has 0 aromatic heterocycles. The van der Waals surface area contributed by atoms with Crippen LogP contribution < -0.4 is 20.5 Å². The molecule has 1 aromatic carbocycles. The summed E-state index contributed by atoms with van der Waals surface area (Å²) in [7, 11) is 1.59. The van der Waals surface area contributed by atoms with E-state index in [2.05, 4.69) is 5.32 Å². The number of carbonyl (C=O) groups is 1. The molecule has 0 spiro atoms. The average Bonchev–Trinajstić information content (AvgIpc) is 3.21. The summed E-state index contributed by atoms with van der Waals surface area (Å²) >= 11 is 0. The number of hydrogen-bond donors (Lipinski definition) is 2. The van der Waals surface area contributed by atoms with Gasteiger partial charge in [0.15, 0.2) is 6.10 Å². The van der Waals surface area contributed by atoms with E-state index >= 15 is 0 Å². The molecule has 2 rings (SSSR count). The molecule has 1 aliphatic carbocycles. The number of amides is 1. The van der Waals surface area contributed by atoms with E-state index in [1.165, 1.54) is 0 Å². The van der Waals surface area contributed by atoms with Crippen LogP contribution in [0.4, 0.5) is 0 Å². The third kappa shape index (κ3) is 3.86. The van der Waals surface area contributed by atoms with E-state index in [-0.39, 0.29) is 5.91 Å². The van der Waals surface area contributed by atoms with Crippen LogP contribution in [-0.4, -0.2) is 25.2 Å². The van der Waals surface area contributed by atoms with Crippen molar-refractivity contribution in [2.75, 3.05) is 7.11 Å². The van der Waals surface area contributed by atoms with Gasteiger partial charge in [-0.05, 0) is 37.5 Å². The first-order valence-corrected chi connectivity index (χ1v) is 6.47. The summed E-state index contributed by atoms with van der Waals surface area (Å²) in [6, 6.07) is 5.76. The molecule has 0 bridgehead atoms. The van der Waals surface area contributed by atoms with Crippen LogP contribution >= 0.6 is 0 Å². The monoisotopic (exact) mass is 264 g/mol. The largest absolute Gasteiger partial charge is 0.497 e. The highest BCUT2D eigenvalue weighted by Crippen LogP contribution is 2.24. The van der Waals surface area contributed by atoms with Gasteiger partial charge in [-0.3, -0.25) is 4.79 Å². The van der Waals surface area contributed by atoms with Crippen LogP contribution in [0.25, 0.3) is 0 Å². The van der Waals surface area contributed by atoms with E-state index in [1.807, 2.05) is 12.1 Å². The third-order valence-electron chi connectivity index (χ3n) is 3.02. The van der Waals surface area contributed by atoms with Gasteiger partial charge in [0, 0.05) is 18.7 Å². The van der Waals surface area contributed by atoms with Gasteiger partial charge in [0.25, 0.3) is 5.91 Å². The summed E-state index contributed by atoms with van der Waals surface area (Å²) < 4.78 is 10.8. The molecule has 3 N–H and O–H groups in total. The van der Waals surface area contributed by atoms with Crippen molar-refractivity contribution < 1.29 is 14.3 Å². The van der Waals surface area contributed by atoms with Crippen molar-refractivity contribution in [2.24, 2.45) is 5.73 Å². The second-order valence-corrected chi connectivity index (χ2v) is 4.76. The minimum absolute atomic E-state index is 0.0837. The average molecular weight is 264 g/mol. The van der Waals surface area contributed by atoms with Gasteiger partial charge in [-0.1, -0.05) is 0 Å². The highest BCUT2D eigenvalue weighted by molar-refractivity contribution is 5.81. The Morgan fingerprint density at radius 1 is 1.42 bits per heavy atom. The topological polar surface area (TPSA) is 73.6 Å². The maximum Gasteiger partial charge on any atom is 0.260 e. The lowest BCUT2D eigenvalue weighted by molar-refractivity contribution is -0.127. The van der Waals surface area contributed by atoms with E-state index in [4.69, 9.17) is 15.2 Å². The smallest absolute Gasteiger partial charge is 0.260 e. The van der Waals surface area contributed by atoms with E-state index in [0.29, 0.717) is 24.1 Å². The fraction of sp³-hybridized carbons (Fsp3) is 0.500. The van der Waals surface area contributed by atoms with Crippen LogP contribution in [0.5, 0.6) is 11.5 Å². The van der Waals surface area contributed by atoms with Gasteiger partial charge in [-0.15, -0.1) is 0 Å². The van der Waals surface area contributed by atoms with Crippen molar-refractivity contribution in [1.82, 2.24) is 5.32 Å². The third-order valence-corrected chi connectivity index (χ3v) is 3.02. The minimum atomic E-state index is -0.529. The highest BCUT2D eigenvalue weighted by Gasteiger charge is 2.26. The number of carbonyl (C=O) groups excluding carboxylic acids is 1. The molecule has 1 aromatic rings. The van der Waals surface area contributed by atoms with Crippen LogP contribution in [0.1, 0.15) is 25.3 Å². The number of hydrogen-bond acceptors (Lipinski definition) is 4. The van der Waals surface area contributed by atoms with Crippen molar-refractivity contribution in [1.29, 1.82) is 0 Å². The van der Waals surface area contributed by atoms with Gasteiger partial charge in [-0.2, -0.15) is 0 Å². The standard InChI is InChI=1S/C14H20N2O3/c1-9(14(17)16-11-3-4-11)19-13-6-10(8-15)5-12(7-13)18-2/h5-7,9,11H,3-4,8,15H2,1-2H3,(H,16,17). The molecule has 1 fully saturated rings. The lowest BCUT2D eigenvalue weighted by Gasteiger charge is -2.16. The van der Waals surface area contributed by atoms with E-state index in [9.17, 15) is 4.79 Å². The molecule has 1 amide bonds. The molecule has 5 heteroatoms. The minimum Gasteiger partial charge on any atom is -0.497 e. The Hall–Kier alpha value is -1.75. The van der Waals surface area contributed by atoms with Crippen LogP contribution in [-0.2, 0) is 11.3 Å². The SMILES string of the molecule is COc1cc(CN)cc(OC(C)C(=O)NC2CC2)c1. The number of rotatable bonds is 6. The van der Waals surface area contributed by atoms with Crippen LogP contribution in [0.3, 0.4) is 0 Å². The quantitative estimate of drug-likeness (QED) is 0.809. The van der Waals surface area contributed by atoms with Crippen molar-refractivity contribution in [3.63, 3.8) is 0 Å². The molecular weight excluding hydrogens is 244 g/mol. The van der Waals surface area contributed by atoms with Gasteiger partial charge in [0.1, 0.15) is 11.5 Å². The lowest BCUT2D eigenvalue weighted by Crippen LogP contribution is -2.37. The molecule has 0 saturated heterocycles. The van der Waals surface area contributed by atoms with Crippen LogP contribution in [0, 0.1) is 0 Å². The van der Waals surface area contributed by atoms with Gasteiger partial charge in [0.05, 0.1) is 7.11 Å². The van der Waals surface area contributed by atoms with E-state index in [0.717, 1.165) is 18.4 Å². The van der Waals surface area contributed by atoms with E-state index in [1.54, 1.807) is 20.1 Å². The zero-order chi connectivity index (χ0) is 13.8. The zero-order valence-corrected chi connectivity index (χ0v) is 11.3. The molecule has 1 saturated carbocycles. The summed E-state index contributed by atoms with van der Waals surface area (Å²) in [6.45, 7) is 2.13. The molecule has 104 valence electrons. The molecule has 0 heterocycles. The van der Waals surface area contributed by atoms with Gasteiger partial charge in [0.2, 0.25) is 0 Å². The first-order chi connectivity index (χ1) is 9.12. The van der Waals surface area contributed by atoms with Crippen molar-refractivity contribution >= 4 is 5.91 Å². The maximum absolute atomic E-state index is 11.8. The highest BCUT2D eigenvalue weighted by atomic mass is 16.5. The lowest BCUT2D eigenvalue weighted by atomic mass is 10.2. The maximum atomic E-state index is 11.8.